The van der Waals surface area contributed by atoms with Crippen LogP contribution < -0.4 is 5.32 Å². The van der Waals surface area contributed by atoms with Gasteiger partial charge in [-0.2, -0.15) is 0 Å². The van der Waals surface area contributed by atoms with Gasteiger partial charge in [0.15, 0.2) is 0 Å². The Labute approximate surface area is 118 Å². The number of hydrogen-bond acceptors (Lipinski definition) is 3. The summed E-state index contributed by atoms with van der Waals surface area (Å²) in [6.45, 7) is 1.68. The molecule has 1 amide bonds. The second kappa shape index (κ2) is 5.61. The highest BCUT2D eigenvalue weighted by Crippen LogP contribution is 2.28. The summed E-state index contributed by atoms with van der Waals surface area (Å²) in [6.07, 6.45) is 2.15. The van der Waals surface area contributed by atoms with Crippen LogP contribution in [-0.4, -0.2) is 35.5 Å². The molecule has 2 rings (SSSR count). The molecule has 104 valence electrons. The van der Waals surface area contributed by atoms with Gasteiger partial charge in [-0.25, -0.2) is 0 Å². The smallest absolute Gasteiger partial charge is 0.241 e. The minimum absolute atomic E-state index is 0.109. The SMILES string of the molecule is [2H]C([2H])([2H])N1CCCCC1C(=O)Nc1c(C)ccc(O)c1C. The Hall–Kier alpha value is -1.55. The number of rotatable bonds is 2. The van der Waals surface area contributed by atoms with Crippen molar-refractivity contribution in [3.05, 3.63) is 23.3 Å². The number of anilines is 1. The molecule has 0 bridgehead atoms. The number of benzene rings is 1. The number of phenols is 1. The molecule has 1 heterocycles. The summed E-state index contributed by atoms with van der Waals surface area (Å²) < 4.78 is 22.8. The molecule has 0 saturated carbocycles. The third-order valence-corrected chi connectivity index (χ3v) is 3.70. The van der Waals surface area contributed by atoms with Crippen molar-refractivity contribution in [1.29, 1.82) is 0 Å². The van der Waals surface area contributed by atoms with E-state index in [0.717, 1.165) is 18.4 Å². The van der Waals surface area contributed by atoms with E-state index in [-0.39, 0.29) is 11.7 Å². The van der Waals surface area contributed by atoms with Crippen LogP contribution in [0.15, 0.2) is 12.1 Å². The Bertz CT molecular complexity index is 573. The van der Waals surface area contributed by atoms with E-state index < -0.39 is 13.0 Å². The summed E-state index contributed by atoms with van der Waals surface area (Å²) in [7, 11) is 0. The molecule has 1 aromatic carbocycles. The van der Waals surface area contributed by atoms with Gasteiger partial charge >= 0.3 is 0 Å². The highest BCUT2D eigenvalue weighted by molar-refractivity contribution is 5.96. The van der Waals surface area contributed by atoms with Crippen molar-refractivity contribution in [3.8, 4) is 5.75 Å². The zero-order valence-electron chi connectivity index (χ0n) is 14.4. The number of hydrogen-bond donors (Lipinski definition) is 2. The minimum atomic E-state index is -2.27. The number of likely N-dealkylation sites (N-methyl/N-ethyl adjacent to an activating group) is 1. The van der Waals surface area contributed by atoms with Crippen LogP contribution >= 0.6 is 0 Å². The first-order valence-electron chi connectivity index (χ1n) is 8.08. The molecular weight excluding hydrogens is 240 g/mol. The minimum Gasteiger partial charge on any atom is -0.508 e. The van der Waals surface area contributed by atoms with Gasteiger partial charge in [0.05, 0.1) is 11.7 Å². The first-order chi connectivity index (χ1) is 10.2. The second-order valence-electron chi connectivity index (χ2n) is 5.10. The Kier molecular flexibility index (Phi) is 3.03. The van der Waals surface area contributed by atoms with Crippen LogP contribution in [-0.2, 0) is 4.79 Å². The highest BCUT2D eigenvalue weighted by atomic mass is 16.3. The van der Waals surface area contributed by atoms with Crippen LogP contribution in [0.3, 0.4) is 0 Å². The Morgan fingerprint density at radius 2 is 2.26 bits per heavy atom. The maximum atomic E-state index is 12.6. The van der Waals surface area contributed by atoms with E-state index in [1.54, 1.807) is 19.1 Å². The van der Waals surface area contributed by atoms with E-state index in [1.807, 2.05) is 6.92 Å². The molecule has 1 aromatic rings. The quantitative estimate of drug-likeness (QED) is 0.863. The van der Waals surface area contributed by atoms with Crippen LogP contribution in [0.4, 0.5) is 5.69 Å². The number of carbonyl (C=O) groups excluding carboxylic acids is 1. The van der Waals surface area contributed by atoms with Gasteiger partial charge < -0.3 is 10.4 Å². The Morgan fingerprint density at radius 3 is 3.00 bits per heavy atom. The van der Waals surface area contributed by atoms with E-state index in [1.165, 1.54) is 4.90 Å². The zero-order chi connectivity index (χ0) is 16.5. The number of carbonyl (C=O) groups is 1. The molecule has 0 aromatic heterocycles. The van der Waals surface area contributed by atoms with Crippen molar-refractivity contribution < 1.29 is 14.0 Å². The van der Waals surface area contributed by atoms with Gasteiger partial charge in [-0.05, 0) is 51.8 Å². The van der Waals surface area contributed by atoms with Crippen molar-refractivity contribution >= 4 is 11.6 Å². The zero-order valence-corrected chi connectivity index (χ0v) is 11.4. The monoisotopic (exact) mass is 265 g/mol. The molecule has 1 saturated heterocycles. The molecule has 19 heavy (non-hydrogen) atoms. The van der Waals surface area contributed by atoms with Crippen molar-refractivity contribution in [2.75, 3.05) is 18.8 Å². The molecule has 1 fully saturated rings. The summed E-state index contributed by atoms with van der Waals surface area (Å²) in [5.41, 5.74) is 1.98. The average Bonchev–Trinajstić information content (AvgIpc) is 2.46. The normalized spacial score (nSPS) is 23.3. The summed E-state index contributed by atoms with van der Waals surface area (Å²) in [4.78, 5) is 13.8. The lowest BCUT2D eigenvalue weighted by molar-refractivity contribution is -0.121. The lowest BCUT2D eigenvalue weighted by Gasteiger charge is -2.31. The van der Waals surface area contributed by atoms with Gasteiger partial charge in [0.1, 0.15) is 5.75 Å². The van der Waals surface area contributed by atoms with Gasteiger partial charge in [-0.15, -0.1) is 0 Å². The Balaban J connectivity index is 2.23. The van der Waals surface area contributed by atoms with Gasteiger partial charge in [0.25, 0.3) is 0 Å². The van der Waals surface area contributed by atoms with Crippen LogP contribution in [0, 0.1) is 13.8 Å². The predicted octanol–water partition coefficient (Wildman–Crippen LogP) is 2.43. The van der Waals surface area contributed by atoms with E-state index in [9.17, 15) is 9.90 Å². The largest absolute Gasteiger partial charge is 0.508 e. The summed E-state index contributed by atoms with van der Waals surface area (Å²) in [5.74, 6) is -0.218. The number of nitrogens with one attached hydrogen (secondary N) is 1. The van der Waals surface area contributed by atoms with Crippen LogP contribution in [0.1, 0.15) is 34.5 Å². The molecular formula is C15H22N2O2. The van der Waals surface area contributed by atoms with Crippen LogP contribution in [0.25, 0.3) is 0 Å². The lowest BCUT2D eigenvalue weighted by Crippen LogP contribution is -2.44. The van der Waals surface area contributed by atoms with Gasteiger partial charge in [0.2, 0.25) is 5.91 Å². The molecule has 0 aliphatic carbocycles. The number of likely N-dealkylation sites (tertiary alicyclic amines) is 1. The number of piperidine rings is 1. The van der Waals surface area contributed by atoms with Crippen LogP contribution in [0.2, 0.25) is 0 Å². The van der Waals surface area contributed by atoms with Gasteiger partial charge in [0, 0.05) is 9.68 Å². The Morgan fingerprint density at radius 1 is 1.47 bits per heavy atom. The number of amides is 1. The summed E-state index contributed by atoms with van der Waals surface area (Å²) in [6, 6.07) is 2.64. The van der Waals surface area contributed by atoms with Crippen LogP contribution in [0.5, 0.6) is 5.75 Å². The fourth-order valence-electron chi connectivity index (χ4n) is 2.44. The highest BCUT2D eigenvalue weighted by Gasteiger charge is 2.26. The van der Waals surface area contributed by atoms with E-state index in [0.29, 0.717) is 24.2 Å². The lowest BCUT2D eigenvalue weighted by atomic mass is 10.0. The van der Waals surface area contributed by atoms with Crippen molar-refractivity contribution in [1.82, 2.24) is 4.90 Å². The maximum absolute atomic E-state index is 12.6. The van der Waals surface area contributed by atoms with Gasteiger partial charge in [-0.1, -0.05) is 12.5 Å². The molecule has 1 unspecified atom stereocenters. The number of aryl methyl sites for hydroxylation is 1. The third-order valence-electron chi connectivity index (χ3n) is 3.70. The van der Waals surface area contributed by atoms with Crippen molar-refractivity contribution in [3.63, 3.8) is 0 Å². The predicted molar refractivity (Wildman–Crippen MR) is 76.5 cm³/mol. The third kappa shape index (κ3) is 2.89. The number of phenolic OH excluding ortho intramolecular Hbond substituents is 1. The summed E-state index contributed by atoms with van der Waals surface area (Å²) in [5, 5.41) is 12.6. The standard InChI is InChI=1S/C15H22N2O2/c1-10-7-8-13(18)11(2)14(10)16-15(19)12-6-4-5-9-17(12)3/h7-8,12,18H,4-6,9H2,1-3H3,(H,16,19)/i3D3. The number of aromatic hydroxyl groups is 1. The fraction of sp³-hybridized carbons (Fsp3) is 0.533. The first-order valence-corrected chi connectivity index (χ1v) is 6.58. The van der Waals surface area contributed by atoms with Gasteiger partial charge in [-0.3, -0.25) is 9.69 Å². The molecule has 1 aliphatic heterocycles. The molecule has 0 radical (unpaired) electrons. The first kappa shape index (κ1) is 10.3. The molecule has 4 heteroatoms. The maximum Gasteiger partial charge on any atom is 0.241 e. The van der Waals surface area contributed by atoms with E-state index in [2.05, 4.69) is 5.32 Å². The molecule has 1 atom stereocenters. The fourth-order valence-corrected chi connectivity index (χ4v) is 2.44. The molecule has 0 spiro atoms. The second-order valence-corrected chi connectivity index (χ2v) is 5.10. The topological polar surface area (TPSA) is 52.6 Å². The average molecular weight is 265 g/mol. The molecule has 4 nitrogen and oxygen atoms in total. The van der Waals surface area contributed by atoms with E-state index in [4.69, 9.17) is 4.11 Å². The number of nitrogens with zero attached hydrogens (tertiary/aromatic N) is 1. The van der Waals surface area contributed by atoms with Crippen molar-refractivity contribution in [2.45, 2.75) is 39.2 Å². The molecule has 1 aliphatic rings. The summed E-state index contributed by atoms with van der Waals surface area (Å²) >= 11 is 0. The molecule has 2 N–H and O–H groups in total. The van der Waals surface area contributed by atoms with Crippen molar-refractivity contribution in [2.24, 2.45) is 0 Å². The van der Waals surface area contributed by atoms with E-state index >= 15 is 0 Å².